The summed E-state index contributed by atoms with van der Waals surface area (Å²) in [4.78, 5) is 16.6. The molecule has 12 aromatic rings. The molecule has 0 aliphatic heterocycles. The molecule has 2 heterocycles. The third kappa shape index (κ3) is 5.04. The van der Waals surface area contributed by atoms with Gasteiger partial charge in [0.1, 0.15) is 11.2 Å². The Morgan fingerprint density at radius 1 is 0.290 bits per heavy atom. The maximum absolute atomic E-state index is 6.70. The molecule has 0 bridgehead atoms. The number of hydrogen-bond acceptors (Lipinski definition) is 4. The van der Waals surface area contributed by atoms with Crippen LogP contribution in [0.1, 0.15) is 44.5 Å². The van der Waals surface area contributed by atoms with Crippen molar-refractivity contribution in [1.82, 2.24) is 15.0 Å². The van der Waals surface area contributed by atoms with E-state index in [1.807, 2.05) is 12.1 Å². The number of rotatable bonds is 5. The average molecular weight is 878 g/mol. The molecule has 3 aliphatic carbocycles. The van der Waals surface area contributed by atoms with E-state index >= 15 is 0 Å². The minimum atomic E-state index is -0.583. The van der Waals surface area contributed by atoms with Crippen LogP contribution in [0.5, 0.6) is 0 Å². The van der Waals surface area contributed by atoms with Gasteiger partial charge >= 0.3 is 0 Å². The molecule has 0 radical (unpaired) electrons. The van der Waals surface area contributed by atoms with Crippen LogP contribution in [0, 0.1) is 0 Å². The molecule has 0 saturated heterocycles. The summed E-state index contributed by atoms with van der Waals surface area (Å²) in [6, 6.07) is 85.5. The molecule has 0 unspecified atom stereocenters. The van der Waals surface area contributed by atoms with Crippen LogP contribution in [0.2, 0.25) is 0 Å². The van der Waals surface area contributed by atoms with Crippen molar-refractivity contribution >= 4 is 21.9 Å². The van der Waals surface area contributed by atoms with E-state index < -0.39 is 10.8 Å². The summed E-state index contributed by atoms with van der Waals surface area (Å²) in [6.07, 6.45) is 0. The van der Waals surface area contributed by atoms with Crippen molar-refractivity contribution < 1.29 is 4.42 Å². The molecular formula is C65H39N3O. The average Bonchev–Trinajstić information content (AvgIpc) is 4.14. The molecule has 2 aromatic heterocycles. The van der Waals surface area contributed by atoms with Gasteiger partial charge in [-0.15, -0.1) is 0 Å². The summed E-state index contributed by atoms with van der Waals surface area (Å²) in [5.41, 5.74) is 20.4. The first kappa shape index (κ1) is 38.1. The summed E-state index contributed by atoms with van der Waals surface area (Å²) >= 11 is 0. The molecule has 10 aromatic carbocycles. The van der Waals surface area contributed by atoms with Gasteiger partial charge in [-0.2, -0.15) is 0 Å². The highest BCUT2D eigenvalue weighted by Crippen LogP contribution is 2.63. The Hall–Kier alpha value is -8.99. The standard InChI is InChI=1S/C65H39N3O/c1-3-19-41(20-4-1)64(42-21-5-2-6-22-42)55-34-15-10-27-49(55)59-50(29-18-35-56(59)64)62-66-61(67-63(68-62)51-30-17-28-48-47-26-11-16-36-58(47)69-60(48)51)40-37-38-46-45-25-9-14-33-54(45)65(57(46)39-40)52-31-12-7-23-43(52)44-24-8-13-32-53(44)65/h1-39H. The zero-order valence-corrected chi connectivity index (χ0v) is 37.3. The summed E-state index contributed by atoms with van der Waals surface area (Å²) in [6.45, 7) is 0. The molecule has 3 aliphatic rings. The highest BCUT2D eigenvalue weighted by Gasteiger charge is 2.52. The predicted octanol–water partition coefficient (Wildman–Crippen LogP) is 15.5. The minimum Gasteiger partial charge on any atom is -0.455 e. The second-order valence-electron chi connectivity index (χ2n) is 18.5. The summed E-state index contributed by atoms with van der Waals surface area (Å²) in [5, 5.41) is 2.08. The molecule has 69 heavy (non-hydrogen) atoms. The number of furan rings is 1. The van der Waals surface area contributed by atoms with Crippen molar-refractivity contribution in [1.29, 1.82) is 0 Å². The number of para-hydroxylation sites is 2. The second-order valence-corrected chi connectivity index (χ2v) is 18.5. The third-order valence-electron chi connectivity index (χ3n) is 15.3. The number of aromatic nitrogens is 3. The van der Waals surface area contributed by atoms with Crippen LogP contribution >= 0.6 is 0 Å². The van der Waals surface area contributed by atoms with Gasteiger partial charge in [-0.05, 0) is 96.1 Å². The molecule has 0 atom stereocenters. The number of fused-ring (bicyclic) bond motifs is 16. The normalized spacial score (nSPS) is 14.0. The topological polar surface area (TPSA) is 51.8 Å². The van der Waals surface area contributed by atoms with Crippen molar-refractivity contribution in [3.63, 3.8) is 0 Å². The first-order valence-electron chi connectivity index (χ1n) is 23.7. The molecule has 4 nitrogen and oxygen atoms in total. The highest BCUT2D eigenvalue weighted by atomic mass is 16.3. The Balaban J connectivity index is 1.02. The Morgan fingerprint density at radius 3 is 1.39 bits per heavy atom. The molecule has 0 amide bonds. The van der Waals surface area contributed by atoms with Crippen molar-refractivity contribution in [2.75, 3.05) is 0 Å². The summed E-state index contributed by atoms with van der Waals surface area (Å²) < 4.78 is 6.70. The Bertz CT molecular complexity index is 3990. The zero-order valence-electron chi connectivity index (χ0n) is 37.3. The van der Waals surface area contributed by atoms with E-state index in [1.165, 1.54) is 66.8 Å². The molecule has 0 saturated carbocycles. The SMILES string of the molecule is c1ccc(C2(c3ccccc3)c3ccccc3-c3c(-c4nc(-c5ccc6c(c5)C5(c7ccccc7-c7ccccc75)c5ccccc5-6)nc(-c5cccc6c5oc5ccccc56)n4)cccc32)cc1. The van der Waals surface area contributed by atoms with E-state index in [4.69, 9.17) is 19.4 Å². The third-order valence-corrected chi connectivity index (χ3v) is 15.3. The lowest BCUT2D eigenvalue weighted by Gasteiger charge is -2.33. The fraction of sp³-hybridized carbons (Fsp3) is 0.0308. The maximum Gasteiger partial charge on any atom is 0.167 e. The molecule has 0 fully saturated rings. The molecule has 320 valence electrons. The summed E-state index contributed by atoms with van der Waals surface area (Å²) in [5.74, 6) is 1.75. The first-order valence-corrected chi connectivity index (χ1v) is 23.7. The van der Waals surface area contributed by atoms with E-state index in [0.29, 0.717) is 17.5 Å². The van der Waals surface area contributed by atoms with Gasteiger partial charge < -0.3 is 4.42 Å². The van der Waals surface area contributed by atoms with Crippen LogP contribution in [0.3, 0.4) is 0 Å². The second kappa shape index (κ2) is 14.3. The van der Waals surface area contributed by atoms with Crippen molar-refractivity contribution in [2.45, 2.75) is 10.8 Å². The van der Waals surface area contributed by atoms with E-state index in [9.17, 15) is 0 Å². The molecular weight excluding hydrogens is 839 g/mol. The van der Waals surface area contributed by atoms with Gasteiger partial charge in [0, 0.05) is 21.9 Å². The van der Waals surface area contributed by atoms with Crippen molar-refractivity contribution in [3.05, 3.63) is 281 Å². The van der Waals surface area contributed by atoms with Crippen molar-refractivity contribution in [2.24, 2.45) is 0 Å². The Labute approximate surface area is 398 Å². The van der Waals surface area contributed by atoms with Crippen molar-refractivity contribution in [3.8, 4) is 67.5 Å². The van der Waals surface area contributed by atoms with Gasteiger partial charge in [0.05, 0.1) is 16.4 Å². The summed E-state index contributed by atoms with van der Waals surface area (Å²) in [7, 11) is 0. The lowest BCUT2D eigenvalue weighted by molar-refractivity contribution is 0.669. The monoisotopic (exact) mass is 877 g/mol. The van der Waals surface area contributed by atoms with Gasteiger partial charge in [0.25, 0.3) is 0 Å². The minimum absolute atomic E-state index is 0.518. The smallest absolute Gasteiger partial charge is 0.167 e. The van der Waals surface area contributed by atoms with Gasteiger partial charge in [-0.1, -0.05) is 218 Å². The quantitative estimate of drug-likeness (QED) is 0.173. The van der Waals surface area contributed by atoms with Crippen LogP contribution in [-0.4, -0.2) is 15.0 Å². The van der Waals surface area contributed by atoms with E-state index in [0.717, 1.165) is 49.8 Å². The Morgan fingerprint density at radius 2 is 0.739 bits per heavy atom. The van der Waals surface area contributed by atoms with E-state index in [2.05, 4.69) is 224 Å². The number of nitrogens with zero attached hydrogens (tertiary/aromatic N) is 3. The van der Waals surface area contributed by atoms with E-state index in [1.54, 1.807) is 0 Å². The first-order chi connectivity index (χ1) is 34.2. The number of benzene rings is 10. The van der Waals surface area contributed by atoms with Crippen LogP contribution in [0.4, 0.5) is 0 Å². The fourth-order valence-corrected chi connectivity index (χ4v) is 12.6. The zero-order chi connectivity index (χ0) is 45.3. The van der Waals surface area contributed by atoms with Crippen LogP contribution in [0.25, 0.3) is 89.5 Å². The predicted molar refractivity (Wildman–Crippen MR) is 277 cm³/mol. The molecule has 0 N–H and O–H groups in total. The van der Waals surface area contributed by atoms with Crippen LogP contribution in [0.15, 0.2) is 241 Å². The molecule has 15 rings (SSSR count). The molecule has 1 spiro atoms. The molecule has 4 heteroatoms. The highest BCUT2D eigenvalue weighted by molar-refractivity contribution is 6.09. The van der Waals surface area contributed by atoms with Gasteiger partial charge in [-0.3, -0.25) is 0 Å². The largest absolute Gasteiger partial charge is 0.455 e. The lowest BCUT2D eigenvalue weighted by Crippen LogP contribution is -2.28. The maximum atomic E-state index is 6.70. The van der Waals surface area contributed by atoms with E-state index in [-0.39, 0.29) is 0 Å². The van der Waals surface area contributed by atoms with Gasteiger partial charge in [0.2, 0.25) is 0 Å². The fourth-order valence-electron chi connectivity index (χ4n) is 12.6. The Kier molecular flexibility index (Phi) is 7.88. The van der Waals surface area contributed by atoms with Crippen LogP contribution in [-0.2, 0) is 10.8 Å². The van der Waals surface area contributed by atoms with Crippen LogP contribution < -0.4 is 0 Å². The lowest BCUT2D eigenvalue weighted by atomic mass is 9.67. The van der Waals surface area contributed by atoms with Gasteiger partial charge in [-0.25, -0.2) is 15.0 Å². The van der Waals surface area contributed by atoms with Gasteiger partial charge in [0.15, 0.2) is 17.5 Å². The number of hydrogen-bond donors (Lipinski definition) is 0.